The minimum absolute atomic E-state index is 0.169. The molecule has 0 aromatic heterocycles. The molecule has 1 aromatic rings. The van der Waals surface area contributed by atoms with E-state index in [4.69, 9.17) is 4.74 Å². The van der Waals surface area contributed by atoms with Crippen molar-refractivity contribution in [3.63, 3.8) is 0 Å². The monoisotopic (exact) mass is 220 g/mol. The number of rotatable bonds is 3. The quantitative estimate of drug-likeness (QED) is 0.707. The summed E-state index contributed by atoms with van der Waals surface area (Å²) < 4.78 is 5.74. The van der Waals surface area contributed by atoms with Gasteiger partial charge in [-0.25, -0.2) is 0 Å². The second-order valence-electron chi connectivity index (χ2n) is 5.23. The van der Waals surface area contributed by atoms with Gasteiger partial charge in [0.15, 0.2) is 0 Å². The van der Waals surface area contributed by atoms with E-state index in [1.54, 1.807) is 0 Å². The van der Waals surface area contributed by atoms with Gasteiger partial charge in [0.2, 0.25) is 5.72 Å². The van der Waals surface area contributed by atoms with Crippen LogP contribution in [0.3, 0.4) is 0 Å². The van der Waals surface area contributed by atoms with Crippen molar-refractivity contribution in [1.82, 2.24) is 0 Å². The van der Waals surface area contributed by atoms with Crippen LogP contribution in [0.1, 0.15) is 34.6 Å². The molecule has 0 N–H and O–H groups in total. The number of ether oxygens (including phenoxy) is 1. The normalized spacial score (nSPS) is 13.1. The highest BCUT2D eigenvalue weighted by atomic mass is 16.5. The van der Waals surface area contributed by atoms with Crippen molar-refractivity contribution in [2.24, 2.45) is 10.2 Å². The van der Waals surface area contributed by atoms with Crippen molar-refractivity contribution in [1.29, 1.82) is 0 Å². The SMILES string of the molecule is CC(C)(C)/N=N/C(C)(C)Oc1ccccc1. The summed E-state index contributed by atoms with van der Waals surface area (Å²) in [6, 6.07) is 9.65. The van der Waals surface area contributed by atoms with Crippen LogP contribution in [-0.4, -0.2) is 11.3 Å². The van der Waals surface area contributed by atoms with E-state index in [9.17, 15) is 0 Å². The molecule has 0 amide bonds. The summed E-state index contributed by atoms with van der Waals surface area (Å²) in [4.78, 5) is 0. The molecule has 1 rings (SSSR count). The lowest BCUT2D eigenvalue weighted by Crippen LogP contribution is -2.26. The van der Waals surface area contributed by atoms with E-state index in [1.165, 1.54) is 0 Å². The highest BCUT2D eigenvalue weighted by Crippen LogP contribution is 2.20. The molecule has 0 heterocycles. The van der Waals surface area contributed by atoms with Gasteiger partial charge in [-0.1, -0.05) is 18.2 Å². The molecule has 0 spiro atoms. The zero-order valence-corrected chi connectivity index (χ0v) is 10.7. The minimum atomic E-state index is -0.630. The standard InChI is InChI=1S/C13H20N2O/c1-12(2,3)14-15-13(4,5)16-11-9-7-6-8-10-11/h6-10H,1-5H3/b15-14+. The smallest absolute Gasteiger partial charge is 0.213 e. The molecule has 1 aromatic carbocycles. The first-order valence-electron chi connectivity index (χ1n) is 5.47. The van der Waals surface area contributed by atoms with E-state index < -0.39 is 5.72 Å². The molecular weight excluding hydrogens is 200 g/mol. The van der Waals surface area contributed by atoms with Gasteiger partial charge < -0.3 is 4.74 Å². The van der Waals surface area contributed by atoms with Gasteiger partial charge in [-0.05, 0) is 46.8 Å². The summed E-state index contributed by atoms with van der Waals surface area (Å²) in [5.74, 6) is 0.806. The molecule has 3 nitrogen and oxygen atoms in total. The highest BCUT2D eigenvalue weighted by Gasteiger charge is 2.20. The third-order valence-electron chi connectivity index (χ3n) is 1.70. The summed E-state index contributed by atoms with van der Waals surface area (Å²) in [5.41, 5.74) is -0.800. The molecule has 0 unspecified atom stereocenters. The van der Waals surface area contributed by atoms with Gasteiger partial charge in [0.25, 0.3) is 0 Å². The summed E-state index contributed by atoms with van der Waals surface area (Å²) in [6.07, 6.45) is 0. The number of benzene rings is 1. The molecule has 0 bridgehead atoms. The maximum absolute atomic E-state index is 5.74. The van der Waals surface area contributed by atoms with E-state index in [1.807, 2.05) is 65.0 Å². The van der Waals surface area contributed by atoms with Crippen molar-refractivity contribution in [3.8, 4) is 5.75 Å². The fourth-order valence-corrected chi connectivity index (χ4v) is 1.07. The zero-order valence-electron chi connectivity index (χ0n) is 10.7. The summed E-state index contributed by atoms with van der Waals surface area (Å²) in [6.45, 7) is 9.82. The molecule has 0 fully saturated rings. The fraction of sp³-hybridized carbons (Fsp3) is 0.538. The molecule has 0 atom stereocenters. The lowest BCUT2D eigenvalue weighted by atomic mass is 10.1. The van der Waals surface area contributed by atoms with Crippen LogP contribution >= 0.6 is 0 Å². The van der Waals surface area contributed by atoms with E-state index >= 15 is 0 Å². The van der Waals surface area contributed by atoms with Crippen LogP contribution in [0.2, 0.25) is 0 Å². The van der Waals surface area contributed by atoms with Crippen LogP contribution in [0, 0.1) is 0 Å². The first-order valence-corrected chi connectivity index (χ1v) is 5.47. The average Bonchev–Trinajstić information content (AvgIpc) is 2.15. The van der Waals surface area contributed by atoms with Crippen molar-refractivity contribution in [2.75, 3.05) is 0 Å². The number of azo groups is 1. The van der Waals surface area contributed by atoms with Gasteiger partial charge in [-0.15, -0.1) is 5.11 Å². The van der Waals surface area contributed by atoms with Gasteiger partial charge in [0.1, 0.15) is 5.75 Å². The molecule has 0 radical (unpaired) electrons. The average molecular weight is 220 g/mol. The predicted octanol–water partition coefficient (Wildman–Crippen LogP) is 4.05. The Balaban J connectivity index is 2.69. The van der Waals surface area contributed by atoms with E-state index in [2.05, 4.69) is 10.2 Å². The molecule has 0 aliphatic heterocycles. The van der Waals surface area contributed by atoms with Crippen LogP contribution in [0.4, 0.5) is 0 Å². The molecule has 0 aliphatic carbocycles. The number of hydrogen-bond donors (Lipinski definition) is 0. The van der Waals surface area contributed by atoms with E-state index in [-0.39, 0.29) is 5.54 Å². The Hall–Kier alpha value is -1.38. The Labute approximate surface area is 97.5 Å². The fourth-order valence-electron chi connectivity index (χ4n) is 1.07. The summed E-state index contributed by atoms with van der Waals surface area (Å²) in [7, 11) is 0. The Morgan fingerprint density at radius 3 is 1.94 bits per heavy atom. The van der Waals surface area contributed by atoms with Crippen LogP contribution in [0.15, 0.2) is 40.6 Å². The van der Waals surface area contributed by atoms with Gasteiger partial charge in [-0.3, -0.25) is 0 Å². The van der Waals surface area contributed by atoms with Crippen molar-refractivity contribution >= 4 is 0 Å². The third-order valence-corrected chi connectivity index (χ3v) is 1.70. The van der Waals surface area contributed by atoms with E-state index in [0.717, 1.165) is 5.75 Å². The number of hydrogen-bond acceptors (Lipinski definition) is 3. The lowest BCUT2D eigenvalue weighted by molar-refractivity contribution is 0.107. The number of para-hydroxylation sites is 1. The topological polar surface area (TPSA) is 34.0 Å². The maximum Gasteiger partial charge on any atom is 0.213 e. The summed E-state index contributed by atoms with van der Waals surface area (Å²) >= 11 is 0. The third kappa shape index (κ3) is 4.91. The van der Waals surface area contributed by atoms with Crippen LogP contribution in [-0.2, 0) is 0 Å². The molecular formula is C13H20N2O. The first kappa shape index (κ1) is 12.7. The second kappa shape index (κ2) is 4.64. The Kier molecular flexibility index (Phi) is 3.68. The van der Waals surface area contributed by atoms with Gasteiger partial charge in [0.05, 0.1) is 5.54 Å². The number of nitrogens with zero attached hydrogens (tertiary/aromatic N) is 2. The molecule has 88 valence electrons. The minimum Gasteiger partial charge on any atom is -0.465 e. The van der Waals surface area contributed by atoms with Crippen LogP contribution in [0.5, 0.6) is 5.75 Å². The molecule has 0 saturated carbocycles. The van der Waals surface area contributed by atoms with Gasteiger partial charge in [0, 0.05) is 0 Å². The molecule has 0 saturated heterocycles. The van der Waals surface area contributed by atoms with Crippen molar-refractivity contribution in [2.45, 2.75) is 45.9 Å². The molecule has 0 aliphatic rings. The molecule has 16 heavy (non-hydrogen) atoms. The van der Waals surface area contributed by atoms with Gasteiger partial charge >= 0.3 is 0 Å². The van der Waals surface area contributed by atoms with Gasteiger partial charge in [-0.2, -0.15) is 5.11 Å². The zero-order chi connectivity index (χ0) is 12.2. The van der Waals surface area contributed by atoms with Crippen LogP contribution in [0.25, 0.3) is 0 Å². The molecule has 3 heteroatoms. The largest absolute Gasteiger partial charge is 0.465 e. The Morgan fingerprint density at radius 2 is 1.44 bits per heavy atom. The van der Waals surface area contributed by atoms with Crippen molar-refractivity contribution < 1.29 is 4.74 Å². The second-order valence-corrected chi connectivity index (χ2v) is 5.23. The maximum atomic E-state index is 5.74. The van der Waals surface area contributed by atoms with Crippen molar-refractivity contribution in [3.05, 3.63) is 30.3 Å². The van der Waals surface area contributed by atoms with Crippen LogP contribution < -0.4 is 4.74 Å². The Morgan fingerprint density at radius 1 is 0.875 bits per heavy atom. The highest BCUT2D eigenvalue weighted by molar-refractivity contribution is 5.21. The predicted molar refractivity (Wildman–Crippen MR) is 65.8 cm³/mol. The van der Waals surface area contributed by atoms with E-state index in [0.29, 0.717) is 0 Å². The first-order chi connectivity index (χ1) is 7.29. The Bertz CT molecular complexity index is 350. The summed E-state index contributed by atoms with van der Waals surface area (Å²) in [5, 5.41) is 8.45. The lowest BCUT2D eigenvalue weighted by Gasteiger charge is -2.22.